The Morgan fingerprint density at radius 3 is 2.66 bits per heavy atom. The van der Waals surface area contributed by atoms with Crippen LogP contribution in [0.25, 0.3) is 11.8 Å². The van der Waals surface area contributed by atoms with E-state index in [0.29, 0.717) is 9.33 Å². The SMILES string of the molecule is O=c1c(=Cc2ccc(Br)cc2)sc2n1C(c1cccc([N+](=O)[O-])c1)C1=C(N=2)c2ccccc2CC1. The molecule has 6 nitrogen and oxygen atoms in total. The van der Waals surface area contributed by atoms with E-state index >= 15 is 0 Å². The second-order valence-corrected chi connectivity index (χ2v) is 10.4. The van der Waals surface area contributed by atoms with E-state index in [4.69, 9.17) is 4.99 Å². The smallest absolute Gasteiger partial charge is 0.271 e. The molecule has 0 amide bonds. The Morgan fingerprint density at radius 2 is 1.86 bits per heavy atom. The van der Waals surface area contributed by atoms with Crippen molar-refractivity contribution in [2.75, 3.05) is 0 Å². The molecule has 2 aliphatic rings. The summed E-state index contributed by atoms with van der Waals surface area (Å²) >= 11 is 4.79. The Bertz CT molecular complexity index is 1720. The number of halogens is 1. The molecule has 0 saturated carbocycles. The highest BCUT2D eigenvalue weighted by molar-refractivity contribution is 9.10. The molecule has 3 aromatic carbocycles. The molecule has 2 heterocycles. The molecular weight excluding hydrogens is 526 g/mol. The standard InChI is InChI=1S/C27H18BrN3O3S/c28-19-11-8-16(9-12-19)14-23-26(32)30-25(18-5-3-6-20(15-18)31(33)34)22-13-10-17-4-1-2-7-21(17)24(22)29-27(30)35-23/h1-9,11-12,14-15,25H,10,13H2. The normalized spacial score (nSPS) is 16.8. The molecule has 172 valence electrons. The number of non-ortho nitro benzene ring substituents is 1. The highest BCUT2D eigenvalue weighted by Crippen LogP contribution is 2.41. The summed E-state index contributed by atoms with van der Waals surface area (Å²) in [4.78, 5) is 30.4. The lowest BCUT2D eigenvalue weighted by Gasteiger charge is -2.30. The van der Waals surface area contributed by atoms with E-state index in [0.717, 1.165) is 45.3 Å². The van der Waals surface area contributed by atoms with Crippen molar-refractivity contribution in [3.05, 3.63) is 135 Å². The van der Waals surface area contributed by atoms with Gasteiger partial charge in [0.15, 0.2) is 4.80 Å². The minimum absolute atomic E-state index is 0.00912. The molecule has 35 heavy (non-hydrogen) atoms. The number of hydrogen-bond acceptors (Lipinski definition) is 5. The van der Waals surface area contributed by atoms with E-state index < -0.39 is 11.0 Å². The van der Waals surface area contributed by atoms with Crippen LogP contribution >= 0.6 is 27.3 Å². The van der Waals surface area contributed by atoms with Gasteiger partial charge in [-0.1, -0.05) is 75.8 Å². The summed E-state index contributed by atoms with van der Waals surface area (Å²) in [6.07, 6.45) is 3.44. The Morgan fingerprint density at radius 1 is 1.06 bits per heavy atom. The van der Waals surface area contributed by atoms with E-state index in [-0.39, 0.29) is 11.2 Å². The van der Waals surface area contributed by atoms with Gasteiger partial charge in [-0.25, -0.2) is 4.99 Å². The maximum atomic E-state index is 13.7. The summed E-state index contributed by atoms with van der Waals surface area (Å²) in [6, 6.07) is 22.1. The third-order valence-corrected chi connectivity index (χ3v) is 7.95. The molecule has 0 saturated heterocycles. The zero-order valence-corrected chi connectivity index (χ0v) is 20.8. The van der Waals surface area contributed by atoms with Crippen molar-refractivity contribution in [3.63, 3.8) is 0 Å². The molecule has 1 aromatic heterocycles. The summed E-state index contributed by atoms with van der Waals surface area (Å²) in [5.74, 6) is 0. The fourth-order valence-electron chi connectivity index (χ4n) is 4.84. The van der Waals surface area contributed by atoms with Gasteiger partial charge in [-0.15, -0.1) is 0 Å². The molecule has 0 N–H and O–H groups in total. The zero-order valence-electron chi connectivity index (χ0n) is 18.3. The predicted octanol–water partition coefficient (Wildman–Crippen LogP) is 4.99. The maximum Gasteiger partial charge on any atom is 0.271 e. The lowest BCUT2D eigenvalue weighted by atomic mass is 9.83. The van der Waals surface area contributed by atoms with Crippen LogP contribution in [0.2, 0.25) is 0 Å². The second-order valence-electron chi connectivity index (χ2n) is 8.52. The van der Waals surface area contributed by atoms with Crippen LogP contribution in [0.3, 0.4) is 0 Å². The lowest BCUT2D eigenvalue weighted by Crippen LogP contribution is -2.38. The highest BCUT2D eigenvalue weighted by Gasteiger charge is 2.33. The Kier molecular flexibility index (Phi) is 5.35. The molecule has 0 radical (unpaired) electrons. The van der Waals surface area contributed by atoms with Gasteiger partial charge in [-0.3, -0.25) is 19.5 Å². The Hall–Kier alpha value is -3.62. The molecule has 1 aliphatic heterocycles. The average Bonchev–Trinajstić information content (AvgIpc) is 3.18. The van der Waals surface area contributed by atoms with Crippen LogP contribution in [-0.2, 0) is 6.42 Å². The number of nitro benzene ring substituents is 1. The van der Waals surface area contributed by atoms with Gasteiger partial charge >= 0.3 is 0 Å². The van der Waals surface area contributed by atoms with Crippen molar-refractivity contribution >= 4 is 44.7 Å². The third kappa shape index (κ3) is 3.79. The molecule has 0 spiro atoms. The fraction of sp³-hybridized carbons (Fsp3) is 0.111. The largest absolute Gasteiger partial charge is 0.272 e. The van der Waals surface area contributed by atoms with Crippen LogP contribution in [0.15, 0.2) is 92.6 Å². The van der Waals surface area contributed by atoms with E-state index in [1.54, 1.807) is 16.7 Å². The fourth-order valence-corrected chi connectivity index (χ4v) is 6.11. The number of allylic oxidation sites excluding steroid dienone is 1. The third-order valence-electron chi connectivity index (χ3n) is 6.44. The molecule has 8 heteroatoms. The van der Waals surface area contributed by atoms with Crippen LogP contribution < -0.4 is 14.9 Å². The summed E-state index contributed by atoms with van der Waals surface area (Å²) in [7, 11) is 0. The quantitative estimate of drug-likeness (QED) is 0.270. The Balaban J connectivity index is 1.63. The predicted molar refractivity (Wildman–Crippen MR) is 140 cm³/mol. The van der Waals surface area contributed by atoms with E-state index in [1.165, 1.54) is 23.0 Å². The van der Waals surface area contributed by atoms with Crippen molar-refractivity contribution in [1.82, 2.24) is 4.57 Å². The van der Waals surface area contributed by atoms with Gasteiger partial charge in [-0.05, 0) is 53.3 Å². The monoisotopic (exact) mass is 543 g/mol. The summed E-state index contributed by atoms with van der Waals surface area (Å²) in [6.45, 7) is 0. The number of hydrogen-bond donors (Lipinski definition) is 0. The summed E-state index contributed by atoms with van der Waals surface area (Å²) < 4.78 is 3.25. The molecule has 0 fully saturated rings. The first-order valence-corrected chi connectivity index (χ1v) is 12.7. The topological polar surface area (TPSA) is 77.5 Å². The summed E-state index contributed by atoms with van der Waals surface area (Å²) in [5.41, 5.74) is 5.69. The van der Waals surface area contributed by atoms with Gasteiger partial charge in [0.1, 0.15) is 0 Å². The number of aryl methyl sites for hydroxylation is 1. The number of nitro groups is 1. The first-order chi connectivity index (χ1) is 17.0. The van der Waals surface area contributed by atoms with Crippen molar-refractivity contribution in [3.8, 4) is 0 Å². The number of thiazole rings is 1. The number of aromatic nitrogens is 1. The lowest BCUT2D eigenvalue weighted by molar-refractivity contribution is -0.384. The van der Waals surface area contributed by atoms with Crippen LogP contribution in [0.5, 0.6) is 0 Å². The second kappa shape index (κ2) is 8.55. The number of benzene rings is 3. The first-order valence-electron chi connectivity index (χ1n) is 11.1. The number of fused-ring (bicyclic) bond motifs is 3. The first kappa shape index (κ1) is 21.9. The zero-order chi connectivity index (χ0) is 24.1. The van der Waals surface area contributed by atoms with Gasteiger partial charge in [0.2, 0.25) is 0 Å². The van der Waals surface area contributed by atoms with E-state index in [9.17, 15) is 14.9 Å². The molecule has 6 rings (SSSR count). The van der Waals surface area contributed by atoms with Gasteiger partial charge < -0.3 is 0 Å². The van der Waals surface area contributed by atoms with Gasteiger partial charge in [-0.2, -0.15) is 0 Å². The van der Waals surface area contributed by atoms with Gasteiger partial charge in [0, 0.05) is 22.2 Å². The Labute approximate surface area is 212 Å². The van der Waals surface area contributed by atoms with Crippen molar-refractivity contribution < 1.29 is 4.92 Å². The van der Waals surface area contributed by atoms with Gasteiger partial charge in [0.05, 0.1) is 21.2 Å². The number of nitrogens with zero attached hydrogens (tertiary/aromatic N) is 3. The minimum Gasteiger partial charge on any atom is -0.272 e. The highest BCUT2D eigenvalue weighted by atomic mass is 79.9. The maximum absolute atomic E-state index is 13.7. The van der Waals surface area contributed by atoms with Crippen LogP contribution in [0.1, 0.15) is 34.7 Å². The van der Waals surface area contributed by atoms with Crippen molar-refractivity contribution in [2.45, 2.75) is 18.9 Å². The summed E-state index contributed by atoms with van der Waals surface area (Å²) in [5, 5.41) is 11.5. The van der Waals surface area contributed by atoms with E-state index in [1.807, 2.05) is 48.5 Å². The van der Waals surface area contributed by atoms with E-state index in [2.05, 4.69) is 28.1 Å². The molecule has 1 unspecified atom stereocenters. The molecule has 0 bridgehead atoms. The van der Waals surface area contributed by atoms with Crippen molar-refractivity contribution in [2.24, 2.45) is 4.99 Å². The molecule has 1 atom stereocenters. The minimum atomic E-state index is -0.443. The molecule has 1 aliphatic carbocycles. The van der Waals surface area contributed by atoms with Gasteiger partial charge in [0.25, 0.3) is 11.2 Å². The van der Waals surface area contributed by atoms with Crippen LogP contribution in [-0.4, -0.2) is 9.49 Å². The molecule has 4 aromatic rings. The van der Waals surface area contributed by atoms with Crippen LogP contribution in [0, 0.1) is 10.1 Å². The van der Waals surface area contributed by atoms with Crippen molar-refractivity contribution in [1.29, 1.82) is 0 Å². The molecular formula is C27H18BrN3O3S. The number of rotatable bonds is 3. The average molecular weight is 544 g/mol. The van der Waals surface area contributed by atoms with Crippen LogP contribution in [0.4, 0.5) is 5.69 Å².